The first-order valence-electron chi connectivity index (χ1n) is 12.3. The summed E-state index contributed by atoms with van der Waals surface area (Å²) >= 11 is 0. The molecule has 0 unspecified atom stereocenters. The van der Waals surface area contributed by atoms with Crippen LogP contribution in [0.15, 0.2) is 18.2 Å². The van der Waals surface area contributed by atoms with E-state index in [2.05, 4.69) is 23.2 Å². The van der Waals surface area contributed by atoms with Gasteiger partial charge >= 0.3 is 0 Å². The number of amides is 2. The van der Waals surface area contributed by atoms with E-state index in [1.54, 1.807) is 0 Å². The molecule has 2 amide bonds. The predicted octanol–water partition coefficient (Wildman–Crippen LogP) is 0.0640. The van der Waals surface area contributed by atoms with Crippen molar-refractivity contribution in [1.82, 2.24) is 4.90 Å². The number of nitrogens with zero attached hydrogens (tertiary/aromatic N) is 1. The number of benzene rings is 1. The smallest absolute Gasteiger partial charge is 0.279 e. The van der Waals surface area contributed by atoms with E-state index in [1.807, 2.05) is 19.1 Å². The Balaban J connectivity index is 1.18. The molecule has 4 rings (SSSR count). The van der Waals surface area contributed by atoms with Crippen LogP contribution in [0.25, 0.3) is 0 Å². The maximum atomic E-state index is 12.9. The number of fused-ring (bicyclic) bond motifs is 1. The molecule has 2 atom stereocenters. The minimum atomic E-state index is 0.0820. The van der Waals surface area contributed by atoms with Gasteiger partial charge in [0.2, 0.25) is 0 Å². The second kappa shape index (κ2) is 10.1. The molecule has 0 bridgehead atoms. The van der Waals surface area contributed by atoms with Crippen molar-refractivity contribution in [3.8, 4) is 0 Å². The quantitative estimate of drug-likeness (QED) is 0.622. The molecule has 3 aliphatic rings. The third kappa shape index (κ3) is 5.66. The average molecular weight is 429 g/mol. The van der Waals surface area contributed by atoms with Gasteiger partial charge in [-0.3, -0.25) is 9.59 Å². The zero-order chi connectivity index (χ0) is 21.8. The molecule has 31 heavy (non-hydrogen) atoms. The minimum absolute atomic E-state index is 0.0820. The van der Waals surface area contributed by atoms with E-state index in [1.165, 1.54) is 47.5 Å². The number of hydrogen-bond acceptors (Lipinski definition) is 2. The molecular weight excluding hydrogens is 388 g/mol. The van der Waals surface area contributed by atoms with Crippen molar-refractivity contribution in [1.29, 1.82) is 0 Å². The van der Waals surface area contributed by atoms with Crippen LogP contribution >= 0.6 is 0 Å². The van der Waals surface area contributed by atoms with Crippen molar-refractivity contribution in [2.24, 2.45) is 11.8 Å². The Morgan fingerprint density at radius 3 is 2.39 bits per heavy atom. The highest BCUT2D eigenvalue weighted by molar-refractivity contribution is 5.92. The van der Waals surface area contributed by atoms with Crippen LogP contribution < -0.4 is 15.1 Å². The van der Waals surface area contributed by atoms with Gasteiger partial charge in [0.1, 0.15) is 26.2 Å². The summed E-state index contributed by atoms with van der Waals surface area (Å²) in [5.74, 6) is 2.04. The Kier molecular flexibility index (Phi) is 7.28. The summed E-state index contributed by atoms with van der Waals surface area (Å²) in [6, 6.07) is 6.02. The van der Waals surface area contributed by atoms with Crippen molar-refractivity contribution in [2.75, 3.05) is 57.7 Å². The molecular formula is C25H40N4O2+2. The van der Waals surface area contributed by atoms with Gasteiger partial charge in [0.25, 0.3) is 11.8 Å². The highest BCUT2D eigenvalue weighted by atomic mass is 16.2. The van der Waals surface area contributed by atoms with Crippen molar-refractivity contribution >= 4 is 17.5 Å². The first kappa shape index (κ1) is 22.3. The van der Waals surface area contributed by atoms with Crippen LogP contribution in [-0.2, 0) is 9.59 Å². The number of nitrogens with one attached hydrogen (secondary N) is 3. The molecule has 2 saturated heterocycles. The Morgan fingerprint density at radius 1 is 0.968 bits per heavy atom. The fraction of sp³-hybridized carbons (Fsp3) is 0.680. The number of quaternary nitrogens is 2. The number of piperazine rings is 1. The zero-order valence-electron chi connectivity index (χ0n) is 19.3. The van der Waals surface area contributed by atoms with Crippen LogP contribution in [0.5, 0.6) is 0 Å². The fourth-order valence-corrected chi connectivity index (χ4v) is 5.77. The molecule has 1 aliphatic carbocycles. The second-order valence-electron chi connectivity index (χ2n) is 10.1. The van der Waals surface area contributed by atoms with Gasteiger partial charge in [0.15, 0.2) is 13.1 Å². The summed E-state index contributed by atoms with van der Waals surface area (Å²) in [4.78, 5) is 30.3. The lowest BCUT2D eigenvalue weighted by molar-refractivity contribution is -1.00. The highest BCUT2D eigenvalue weighted by Crippen LogP contribution is 2.35. The maximum Gasteiger partial charge on any atom is 0.279 e. The molecule has 6 nitrogen and oxygen atoms in total. The molecule has 6 heteroatoms. The van der Waals surface area contributed by atoms with E-state index < -0.39 is 0 Å². The molecule has 0 radical (unpaired) electrons. The van der Waals surface area contributed by atoms with Crippen LogP contribution in [0.3, 0.4) is 0 Å². The van der Waals surface area contributed by atoms with Gasteiger partial charge in [-0.15, -0.1) is 0 Å². The number of piperidine rings is 1. The summed E-state index contributed by atoms with van der Waals surface area (Å²) in [7, 11) is 0. The van der Waals surface area contributed by atoms with Crippen molar-refractivity contribution in [2.45, 2.75) is 46.0 Å². The Morgan fingerprint density at radius 2 is 1.65 bits per heavy atom. The molecule has 3 fully saturated rings. The van der Waals surface area contributed by atoms with Crippen molar-refractivity contribution in [3.63, 3.8) is 0 Å². The minimum Gasteiger partial charge on any atom is -0.338 e. The largest absolute Gasteiger partial charge is 0.338 e. The third-order valence-corrected chi connectivity index (χ3v) is 8.00. The number of likely N-dealkylation sites (tertiary alicyclic amines) is 1. The lowest BCUT2D eigenvalue weighted by Gasteiger charge is -2.41. The molecule has 170 valence electrons. The van der Waals surface area contributed by atoms with E-state index in [9.17, 15) is 9.59 Å². The van der Waals surface area contributed by atoms with Gasteiger partial charge in [-0.05, 0) is 55.7 Å². The molecule has 2 heterocycles. The Bertz CT molecular complexity index is 788. The van der Waals surface area contributed by atoms with Crippen LogP contribution in [0.4, 0.5) is 5.69 Å². The van der Waals surface area contributed by atoms with Crippen molar-refractivity contribution in [3.05, 3.63) is 29.3 Å². The highest BCUT2D eigenvalue weighted by Gasteiger charge is 2.34. The number of carbonyl (C=O) groups is 2. The molecule has 2 aliphatic heterocycles. The van der Waals surface area contributed by atoms with Crippen LogP contribution in [0, 0.1) is 25.7 Å². The Hall–Kier alpha value is -1.92. The van der Waals surface area contributed by atoms with E-state index in [0.717, 1.165) is 62.4 Å². The number of anilines is 1. The average Bonchev–Trinajstić information content (AvgIpc) is 2.78. The monoisotopic (exact) mass is 428 g/mol. The fourth-order valence-electron chi connectivity index (χ4n) is 5.77. The van der Waals surface area contributed by atoms with E-state index >= 15 is 0 Å². The molecule has 1 aromatic rings. The summed E-state index contributed by atoms with van der Waals surface area (Å²) < 4.78 is 0. The summed E-state index contributed by atoms with van der Waals surface area (Å²) in [6.45, 7) is 11.0. The van der Waals surface area contributed by atoms with Gasteiger partial charge in [-0.25, -0.2) is 0 Å². The van der Waals surface area contributed by atoms with E-state index in [4.69, 9.17) is 0 Å². The molecule has 3 N–H and O–H groups in total. The van der Waals surface area contributed by atoms with Crippen LogP contribution in [0.1, 0.15) is 43.2 Å². The number of aryl methyl sites for hydroxylation is 1. The van der Waals surface area contributed by atoms with Gasteiger partial charge in [-0.2, -0.15) is 0 Å². The Labute approximate surface area is 187 Å². The summed E-state index contributed by atoms with van der Waals surface area (Å²) in [6.07, 6.45) is 6.62. The SMILES string of the molecule is Cc1cccc(NC(=O)C[NH+]2CC[NH+](CC(=O)N3CC[C@@H]4CCCC[C@H]4C3)CC2)c1C. The lowest BCUT2D eigenvalue weighted by Crippen LogP contribution is -3.28. The van der Waals surface area contributed by atoms with Gasteiger partial charge in [0.05, 0.1) is 0 Å². The molecule has 1 aromatic carbocycles. The molecule has 0 aromatic heterocycles. The van der Waals surface area contributed by atoms with Gasteiger partial charge in [-0.1, -0.05) is 31.4 Å². The standard InChI is InChI=1S/C25H38N4O2/c1-19-6-5-9-23(20(19)2)26-24(30)17-27-12-14-28(15-13-27)18-25(31)29-11-10-21-7-3-4-8-22(21)16-29/h5-6,9,21-22H,3-4,7-8,10-18H2,1-2H3,(H,26,30)/p+2/t21-,22-/m0/s1. The summed E-state index contributed by atoms with van der Waals surface area (Å²) in [5.41, 5.74) is 3.25. The number of hydrogen-bond donors (Lipinski definition) is 3. The summed E-state index contributed by atoms with van der Waals surface area (Å²) in [5, 5.41) is 3.08. The lowest BCUT2D eigenvalue weighted by atomic mass is 9.75. The topological polar surface area (TPSA) is 58.3 Å². The number of rotatable bonds is 5. The number of carbonyl (C=O) groups excluding carboxylic acids is 2. The molecule has 1 saturated carbocycles. The van der Waals surface area contributed by atoms with Gasteiger partial charge in [0, 0.05) is 18.8 Å². The van der Waals surface area contributed by atoms with E-state index in [0.29, 0.717) is 19.0 Å². The van der Waals surface area contributed by atoms with Crippen LogP contribution in [0.2, 0.25) is 0 Å². The van der Waals surface area contributed by atoms with E-state index in [-0.39, 0.29) is 5.91 Å². The van der Waals surface area contributed by atoms with Crippen LogP contribution in [-0.4, -0.2) is 69.1 Å². The maximum absolute atomic E-state index is 12.9. The molecule has 0 spiro atoms. The normalized spacial score (nSPS) is 28.6. The van der Waals surface area contributed by atoms with Crippen molar-refractivity contribution < 1.29 is 19.4 Å². The zero-order valence-corrected chi connectivity index (χ0v) is 19.3. The predicted molar refractivity (Wildman–Crippen MR) is 122 cm³/mol. The van der Waals surface area contributed by atoms with Gasteiger partial charge < -0.3 is 20.0 Å². The third-order valence-electron chi connectivity index (χ3n) is 8.00. The first-order valence-corrected chi connectivity index (χ1v) is 12.3. The first-order chi connectivity index (χ1) is 15.0. The second-order valence-corrected chi connectivity index (χ2v) is 10.1.